The summed E-state index contributed by atoms with van der Waals surface area (Å²) in [6.07, 6.45) is 0.530. The molecule has 0 spiro atoms. The van der Waals surface area contributed by atoms with Gasteiger partial charge in [-0.05, 0) is 60.2 Å². The number of halogens is 3. The molecule has 10 heteroatoms. The van der Waals surface area contributed by atoms with E-state index >= 15 is 0 Å². The van der Waals surface area contributed by atoms with Gasteiger partial charge in [0.25, 0.3) is 5.91 Å². The summed E-state index contributed by atoms with van der Waals surface area (Å²) in [6.45, 7) is 0. The van der Waals surface area contributed by atoms with Gasteiger partial charge in [-0.1, -0.05) is 53.0 Å². The van der Waals surface area contributed by atoms with Crippen molar-refractivity contribution >= 4 is 96.3 Å². The summed E-state index contributed by atoms with van der Waals surface area (Å²) >= 11 is 25.0. The number of fused-ring (bicyclic) bond motifs is 2. The van der Waals surface area contributed by atoms with Crippen molar-refractivity contribution in [2.75, 3.05) is 5.32 Å². The number of anilines is 1. The molecule has 0 unspecified atom stereocenters. The van der Waals surface area contributed by atoms with E-state index in [1.54, 1.807) is 36.4 Å². The standard InChI is InChI=1S/C24H14Cl3N3O2S2/c25-13-4-8-18-17(10-13)29-20(32-18)9-12-1-5-15(6-2-12)28-24(33)30-23(31)22-21(27)16-7-3-14(26)11-19(16)34-22/h1-8,10-11H,9H2,(H2,28,30,31,33). The molecule has 0 aliphatic carbocycles. The smallest absolute Gasteiger partial charge is 0.269 e. The maximum atomic E-state index is 12.7. The summed E-state index contributed by atoms with van der Waals surface area (Å²) in [4.78, 5) is 17.6. The fraction of sp³-hybridized carbons (Fsp3) is 0.0417. The van der Waals surface area contributed by atoms with E-state index in [-0.39, 0.29) is 11.0 Å². The Bertz CT molecular complexity index is 1560. The zero-order valence-corrected chi connectivity index (χ0v) is 21.1. The Hall–Kier alpha value is -2.68. The molecule has 5 nitrogen and oxygen atoms in total. The predicted molar refractivity (Wildman–Crippen MR) is 144 cm³/mol. The van der Waals surface area contributed by atoms with E-state index in [1.165, 1.54) is 11.3 Å². The molecule has 2 heterocycles. The monoisotopic (exact) mass is 545 g/mol. The third-order valence-electron chi connectivity index (χ3n) is 4.99. The van der Waals surface area contributed by atoms with Gasteiger partial charge in [0.05, 0.1) is 5.02 Å². The van der Waals surface area contributed by atoms with Crippen LogP contribution in [-0.2, 0) is 6.42 Å². The number of nitrogens with one attached hydrogen (secondary N) is 2. The van der Waals surface area contributed by atoms with Crippen molar-refractivity contribution in [3.05, 3.63) is 92.1 Å². The van der Waals surface area contributed by atoms with Crippen LogP contribution in [0.4, 0.5) is 5.69 Å². The van der Waals surface area contributed by atoms with Crippen molar-refractivity contribution in [3.63, 3.8) is 0 Å². The molecular weight excluding hydrogens is 533 g/mol. The van der Waals surface area contributed by atoms with Gasteiger partial charge in [0, 0.05) is 32.2 Å². The molecule has 2 aromatic heterocycles. The molecule has 0 atom stereocenters. The van der Waals surface area contributed by atoms with Gasteiger partial charge in [0.1, 0.15) is 10.4 Å². The third-order valence-corrected chi connectivity index (χ3v) is 7.32. The van der Waals surface area contributed by atoms with Gasteiger partial charge in [-0.2, -0.15) is 0 Å². The second-order valence-corrected chi connectivity index (χ2v) is 10.1. The highest BCUT2D eigenvalue weighted by Crippen LogP contribution is 2.36. The molecule has 5 rings (SSSR count). The van der Waals surface area contributed by atoms with E-state index in [9.17, 15) is 4.79 Å². The molecule has 0 aliphatic heterocycles. The summed E-state index contributed by atoms with van der Waals surface area (Å²) in [5.41, 5.74) is 3.16. The molecule has 1 amide bonds. The minimum Gasteiger partial charge on any atom is -0.440 e. The number of carbonyl (C=O) groups excluding carboxylic acids is 1. The zero-order chi connectivity index (χ0) is 23.8. The molecule has 3 aromatic carbocycles. The highest BCUT2D eigenvalue weighted by molar-refractivity contribution is 7.80. The first-order chi connectivity index (χ1) is 16.4. The number of thiophene rings is 1. The highest BCUT2D eigenvalue weighted by atomic mass is 35.5. The maximum Gasteiger partial charge on any atom is 0.269 e. The fourth-order valence-corrected chi connectivity index (χ4v) is 5.48. The van der Waals surface area contributed by atoms with Crippen molar-refractivity contribution in [1.29, 1.82) is 0 Å². The summed E-state index contributed by atoms with van der Waals surface area (Å²) in [6, 6.07) is 18.2. The lowest BCUT2D eigenvalue weighted by molar-refractivity contribution is 0.0982. The number of carbonyl (C=O) groups is 1. The normalized spacial score (nSPS) is 11.1. The van der Waals surface area contributed by atoms with Crippen LogP contribution in [0, 0.1) is 0 Å². The average molecular weight is 547 g/mol. The number of amides is 1. The molecular formula is C24H14Cl3N3O2S2. The van der Waals surface area contributed by atoms with Gasteiger partial charge < -0.3 is 9.73 Å². The third kappa shape index (κ3) is 4.89. The molecule has 0 fully saturated rings. The maximum absolute atomic E-state index is 12.7. The van der Waals surface area contributed by atoms with Crippen LogP contribution in [0.25, 0.3) is 21.2 Å². The van der Waals surface area contributed by atoms with E-state index in [1.807, 2.05) is 24.3 Å². The zero-order valence-electron chi connectivity index (χ0n) is 17.2. The highest BCUT2D eigenvalue weighted by Gasteiger charge is 2.18. The Morgan fingerprint density at radius 3 is 2.53 bits per heavy atom. The van der Waals surface area contributed by atoms with Gasteiger partial charge in [-0.15, -0.1) is 11.3 Å². The summed E-state index contributed by atoms with van der Waals surface area (Å²) < 4.78 is 6.61. The Kier molecular flexibility index (Phi) is 6.46. The topological polar surface area (TPSA) is 67.2 Å². The van der Waals surface area contributed by atoms with Gasteiger partial charge in [0.2, 0.25) is 0 Å². The molecule has 0 bridgehead atoms. The summed E-state index contributed by atoms with van der Waals surface area (Å²) in [7, 11) is 0. The number of aromatic nitrogens is 1. The van der Waals surface area contributed by atoms with Crippen molar-refractivity contribution in [1.82, 2.24) is 10.3 Å². The Morgan fingerprint density at radius 2 is 1.74 bits per heavy atom. The number of benzene rings is 3. The molecule has 2 N–H and O–H groups in total. The quantitative estimate of drug-likeness (QED) is 0.226. The van der Waals surface area contributed by atoms with E-state index in [0.717, 1.165) is 26.9 Å². The second kappa shape index (κ2) is 9.52. The molecule has 0 radical (unpaired) electrons. The van der Waals surface area contributed by atoms with Crippen LogP contribution in [0.3, 0.4) is 0 Å². The Balaban J connectivity index is 1.22. The van der Waals surface area contributed by atoms with Crippen LogP contribution in [0.5, 0.6) is 0 Å². The molecule has 0 saturated heterocycles. The van der Waals surface area contributed by atoms with Crippen LogP contribution >= 0.6 is 58.4 Å². The largest absolute Gasteiger partial charge is 0.440 e. The number of nitrogens with zero attached hydrogens (tertiary/aromatic N) is 1. The second-order valence-electron chi connectivity index (χ2n) is 7.39. The SMILES string of the molecule is O=C(NC(=S)Nc1ccc(Cc2nc3cc(Cl)ccc3o2)cc1)c1sc2cc(Cl)ccc2c1Cl. The van der Waals surface area contributed by atoms with E-state index in [0.29, 0.717) is 37.8 Å². The summed E-state index contributed by atoms with van der Waals surface area (Å²) in [5, 5.41) is 8.20. The van der Waals surface area contributed by atoms with E-state index < -0.39 is 0 Å². The number of hydrogen-bond acceptors (Lipinski definition) is 5. The molecule has 170 valence electrons. The first-order valence-corrected chi connectivity index (χ1v) is 12.4. The van der Waals surface area contributed by atoms with Crippen LogP contribution < -0.4 is 10.6 Å². The van der Waals surface area contributed by atoms with Crippen LogP contribution in [0.1, 0.15) is 21.1 Å². The van der Waals surface area contributed by atoms with E-state index in [4.69, 9.17) is 51.4 Å². The lowest BCUT2D eigenvalue weighted by atomic mass is 10.1. The molecule has 5 aromatic rings. The summed E-state index contributed by atoms with van der Waals surface area (Å²) in [5.74, 6) is 0.217. The predicted octanol–water partition coefficient (Wildman–Crippen LogP) is 7.72. The van der Waals surface area contributed by atoms with Gasteiger partial charge in [-0.3, -0.25) is 10.1 Å². The first kappa shape index (κ1) is 23.1. The minimum absolute atomic E-state index is 0.167. The average Bonchev–Trinajstić information content (AvgIpc) is 3.34. The van der Waals surface area contributed by atoms with Crippen LogP contribution in [0.2, 0.25) is 15.1 Å². The van der Waals surface area contributed by atoms with E-state index in [2.05, 4.69) is 15.6 Å². The molecule has 0 aliphatic rings. The minimum atomic E-state index is -0.382. The molecule has 34 heavy (non-hydrogen) atoms. The Labute approximate surface area is 218 Å². The number of thiocarbonyl (C=S) groups is 1. The van der Waals surface area contributed by atoms with Crippen molar-refractivity contribution in [2.45, 2.75) is 6.42 Å². The number of rotatable bonds is 4. The lowest BCUT2D eigenvalue weighted by Crippen LogP contribution is -2.33. The van der Waals surface area contributed by atoms with Crippen molar-refractivity contribution < 1.29 is 9.21 Å². The fourth-order valence-electron chi connectivity index (χ4n) is 3.41. The van der Waals surface area contributed by atoms with Crippen molar-refractivity contribution in [2.24, 2.45) is 0 Å². The number of hydrogen-bond donors (Lipinski definition) is 2. The number of oxazole rings is 1. The van der Waals surface area contributed by atoms with Crippen LogP contribution in [-0.4, -0.2) is 16.0 Å². The van der Waals surface area contributed by atoms with Crippen molar-refractivity contribution in [3.8, 4) is 0 Å². The lowest BCUT2D eigenvalue weighted by Gasteiger charge is -2.09. The van der Waals surface area contributed by atoms with Crippen LogP contribution in [0.15, 0.2) is 65.1 Å². The molecule has 0 saturated carbocycles. The Morgan fingerprint density at radius 1 is 1.00 bits per heavy atom. The van der Waals surface area contributed by atoms with Gasteiger partial charge in [-0.25, -0.2) is 4.98 Å². The van der Waals surface area contributed by atoms with Gasteiger partial charge >= 0.3 is 0 Å². The van der Waals surface area contributed by atoms with Gasteiger partial charge in [0.15, 0.2) is 16.6 Å². The first-order valence-electron chi connectivity index (χ1n) is 9.99.